The van der Waals surface area contributed by atoms with Crippen molar-refractivity contribution in [3.05, 3.63) is 22.2 Å². The highest BCUT2D eigenvalue weighted by atomic mass is 16.5. The molecule has 0 amide bonds. The maximum absolute atomic E-state index is 11.4. The predicted molar refractivity (Wildman–Crippen MR) is 65.4 cm³/mol. The van der Waals surface area contributed by atoms with Crippen molar-refractivity contribution >= 4 is 5.82 Å². The molecule has 2 N–H and O–H groups in total. The molecule has 1 atom stereocenters. The van der Waals surface area contributed by atoms with Crippen LogP contribution < -0.4 is 10.5 Å². The van der Waals surface area contributed by atoms with E-state index in [-0.39, 0.29) is 12.2 Å². The quantitative estimate of drug-likeness (QED) is 0.719. The number of methoxy groups -OCH3 is 1. The molecular weight excluding hydrogens is 222 g/mol. The molecule has 1 unspecified atom stereocenters. The van der Waals surface area contributed by atoms with E-state index in [1.165, 1.54) is 13.2 Å². The number of rotatable bonds is 6. The van der Waals surface area contributed by atoms with Gasteiger partial charge in [-0.05, 0) is 0 Å². The van der Waals surface area contributed by atoms with Gasteiger partial charge in [-0.1, -0.05) is 6.92 Å². The second kappa shape index (κ2) is 6.36. The number of aryl methyl sites for hydroxylation is 1. The minimum atomic E-state index is -0.601. The molecule has 0 spiro atoms. The lowest BCUT2D eigenvalue weighted by Crippen LogP contribution is -2.33. The van der Waals surface area contributed by atoms with Crippen LogP contribution in [0, 0.1) is 0 Å². The molecule has 1 aromatic heterocycles. The lowest BCUT2D eigenvalue weighted by Gasteiger charge is -2.21. The van der Waals surface area contributed by atoms with Crippen molar-refractivity contribution in [1.29, 1.82) is 0 Å². The Balaban J connectivity index is 2.77. The molecule has 1 aromatic rings. The van der Waals surface area contributed by atoms with E-state index >= 15 is 0 Å². The topological polar surface area (TPSA) is 78.5 Å². The number of anilines is 1. The van der Waals surface area contributed by atoms with Crippen molar-refractivity contribution in [2.45, 2.75) is 19.4 Å². The van der Waals surface area contributed by atoms with Crippen molar-refractivity contribution < 1.29 is 9.84 Å². The molecule has 6 nitrogen and oxygen atoms in total. The Hall–Kier alpha value is -1.40. The summed E-state index contributed by atoms with van der Waals surface area (Å²) in [6.45, 7) is 2.55. The summed E-state index contributed by atoms with van der Waals surface area (Å²) in [6.07, 6.45) is 0.0635. The van der Waals surface area contributed by atoms with E-state index < -0.39 is 6.10 Å². The van der Waals surface area contributed by atoms with Crippen LogP contribution in [0.3, 0.4) is 0 Å². The average molecular weight is 241 g/mol. The fourth-order valence-corrected chi connectivity index (χ4v) is 1.51. The van der Waals surface area contributed by atoms with Crippen LogP contribution in [0.1, 0.15) is 12.7 Å². The van der Waals surface area contributed by atoms with E-state index in [4.69, 9.17) is 4.74 Å². The molecule has 0 saturated carbocycles. The summed E-state index contributed by atoms with van der Waals surface area (Å²) in [4.78, 5) is 20.0. The average Bonchev–Trinajstić information content (AvgIpc) is 2.28. The molecule has 1 rings (SSSR count). The molecule has 0 bridgehead atoms. The van der Waals surface area contributed by atoms with E-state index in [0.29, 0.717) is 24.6 Å². The molecule has 0 aliphatic heterocycles. The number of H-pyrrole nitrogens is 1. The minimum absolute atomic E-state index is 0.181. The number of nitrogens with zero attached hydrogens (tertiary/aromatic N) is 2. The van der Waals surface area contributed by atoms with Crippen LogP contribution in [-0.4, -0.2) is 48.5 Å². The zero-order valence-electron chi connectivity index (χ0n) is 10.4. The van der Waals surface area contributed by atoms with Crippen LogP contribution in [0.25, 0.3) is 0 Å². The maximum atomic E-state index is 11.4. The summed E-state index contributed by atoms with van der Waals surface area (Å²) in [5, 5.41) is 9.60. The highest BCUT2D eigenvalue weighted by Gasteiger charge is 2.10. The monoisotopic (exact) mass is 241 g/mol. The van der Waals surface area contributed by atoms with Crippen molar-refractivity contribution in [3.63, 3.8) is 0 Å². The van der Waals surface area contributed by atoms with Gasteiger partial charge >= 0.3 is 0 Å². The normalized spacial score (nSPS) is 12.5. The fourth-order valence-electron chi connectivity index (χ4n) is 1.51. The Labute approximate surface area is 100 Å². The zero-order valence-corrected chi connectivity index (χ0v) is 10.4. The van der Waals surface area contributed by atoms with Crippen molar-refractivity contribution in [2.75, 3.05) is 32.2 Å². The second-order valence-electron chi connectivity index (χ2n) is 3.89. The van der Waals surface area contributed by atoms with Gasteiger partial charge in [0.15, 0.2) is 0 Å². The third kappa shape index (κ3) is 4.16. The second-order valence-corrected chi connectivity index (χ2v) is 3.89. The lowest BCUT2D eigenvalue weighted by atomic mass is 10.3. The summed E-state index contributed by atoms with van der Waals surface area (Å²) in [6, 6.07) is 1.42. The van der Waals surface area contributed by atoms with Crippen LogP contribution in [0.15, 0.2) is 10.9 Å². The first-order valence-electron chi connectivity index (χ1n) is 5.55. The van der Waals surface area contributed by atoms with Gasteiger partial charge in [-0.3, -0.25) is 4.79 Å². The number of hydrogen-bond acceptors (Lipinski definition) is 5. The molecule has 0 aliphatic carbocycles. The predicted octanol–water partition coefficient (Wildman–Crippen LogP) is -0.224. The van der Waals surface area contributed by atoms with Gasteiger partial charge in [0.2, 0.25) is 0 Å². The fraction of sp³-hybridized carbons (Fsp3) is 0.636. The van der Waals surface area contributed by atoms with E-state index in [1.54, 1.807) is 11.9 Å². The largest absolute Gasteiger partial charge is 0.389 e. The minimum Gasteiger partial charge on any atom is -0.389 e. The molecule has 6 heteroatoms. The molecule has 0 saturated heterocycles. The van der Waals surface area contributed by atoms with Gasteiger partial charge in [0.1, 0.15) is 11.6 Å². The van der Waals surface area contributed by atoms with Crippen molar-refractivity contribution in [3.8, 4) is 0 Å². The first-order valence-corrected chi connectivity index (χ1v) is 5.55. The SMILES string of the molecule is CCc1nc(N(C)CC(O)COC)cc(=O)[nH]1. The van der Waals surface area contributed by atoms with Gasteiger partial charge in [0.05, 0.1) is 12.7 Å². The Bertz CT molecular complexity index is 405. The number of likely N-dealkylation sites (N-methyl/N-ethyl adjacent to an activating group) is 1. The van der Waals surface area contributed by atoms with Gasteiger partial charge in [-0.15, -0.1) is 0 Å². The smallest absolute Gasteiger partial charge is 0.252 e. The number of aromatic nitrogens is 2. The standard InChI is InChI=1S/C11H19N3O3/c1-4-9-12-10(5-11(16)13-9)14(2)6-8(15)7-17-3/h5,8,15H,4,6-7H2,1-3H3,(H,12,13,16). The van der Waals surface area contributed by atoms with Gasteiger partial charge in [-0.2, -0.15) is 0 Å². The Kier molecular flexibility index (Phi) is 5.11. The lowest BCUT2D eigenvalue weighted by molar-refractivity contribution is 0.0694. The Morgan fingerprint density at radius 3 is 2.94 bits per heavy atom. The molecule has 0 aromatic carbocycles. The first kappa shape index (κ1) is 13.7. The molecular formula is C11H19N3O3. The van der Waals surface area contributed by atoms with Gasteiger partial charge in [-0.25, -0.2) is 4.98 Å². The Morgan fingerprint density at radius 1 is 1.65 bits per heavy atom. The summed E-state index contributed by atoms with van der Waals surface area (Å²) in [5.74, 6) is 1.20. The summed E-state index contributed by atoms with van der Waals surface area (Å²) in [7, 11) is 3.31. The first-order chi connectivity index (χ1) is 8.06. The Morgan fingerprint density at radius 2 is 2.35 bits per heavy atom. The van der Waals surface area contributed by atoms with E-state index in [2.05, 4.69) is 9.97 Å². The van der Waals surface area contributed by atoms with Crippen LogP contribution in [0.2, 0.25) is 0 Å². The third-order valence-corrected chi connectivity index (χ3v) is 2.35. The number of aliphatic hydroxyl groups excluding tert-OH is 1. The zero-order chi connectivity index (χ0) is 12.8. The highest BCUT2D eigenvalue weighted by molar-refractivity contribution is 5.36. The number of aliphatic hydroxyl groups is 1. The number of hydrogen-bond donors (Lipinski definition) is 2. The number of aromatic amines is 1. The highest BCUT2D eigenvalue weighted by Crippen LogP contribution is 2.06. The number of nitrogens with one attached hydrogen (secondary N) is 1. The molecule has 17 heavy (non-hydrogen) atoms. The van der Waals surface area contributed by atoms with Crippen LogP contribution in [0.5, 0.6) is 0 Å². The van der Waals surface area contributed by atoms with Gasteiger partial charge in [0.25, 0.3) is 5.56 Å². The summed E-state index contributed by atoms with van der Waals surface area (Å²) in [5.41, 5.74) is -0.181. The van der Waals surface area contributed by atoms with Gasteiger partial charge in [0, 0.05) is 33.2 Å². The molecule has 0 fully saturated rings. The molecule has 96 valence electrons. The molecule has 1 heterocycles. The van der Waals surface area contributed by atoms with Crippen molar-refractivity contribution in [1.82, 2.24) is 9.97 Å². The van der Waals surface area contributed by atoms with Crippen LogP contribution >= 0.6 is 0 Å². The van der Waals surface area contributed by atoms with E-state index in [1.807, 2.05) is 6.92 Å². The summed E-state index contributed by atoms with van der Waals surface area (Å²) < 4.78 is 4.84. The van der Waals surface area contributed by atoms with E-state index in [0.717, 1.165) is 0 Å². The molecule has 0 radical (unpaired) electrons. The van der Waals surface area contributed by atoms with E-state index in [9.17, 15) is 9.90 Å². The molecule has 0 aliphatic rings. The van der Waals surface area contributed by atoms with Crippen LogP contribution in [0.4, 0.5) is 5.82 Å². The third-order valence-electron chi connectivity index (χ3n) is 2.35. The number of ether oxygens (including phenoxy) is 1. The summed E-state index contributed by atoms with van der Waals surface area (Å²) >= 11 is 0. The van der Waals surface area contributed by atoms with Crippen molar-refractivity contribution in [2.24, 2.45) is 0 Å². The van der Waals surface area contributed by atoms with Gasteiger partial charge < -0.3 is 19.7 Å². The van der Waals surface area contributed by atoms with Crippen LogP contribution in [-0.2, 0) is 11.2 Å². The maximum Gasteiger partial charge on any atom is 0.252 e.